The highest BCUT2D eigenvalue weighted by Gasteiger charge is 2.35. The SMILES string of the molecule is COCCNC1(CO)CCCc2cc(OC)ccc21. The van der Waals surface area contributed by atoms with Crippen molar-refractivity contribution in [1.82, 2.24) is 5.32 Å². The van der Waals surface area contributed by atoms with Gasteiger partial charge in [-0.05, 0) is 42.5 Å². The van der Waals surface area contributed by atoms with E-state index in [-0.39, 0.29) is 12.1 Å². The van der Waals surface area contributed by atoms with Crippen molar-refractivity contribution in [2.75, 3.05) is 34.0 Å². The molecule has 1 aliphatic carbocycles. The van der Waals surface area contributed by atoms with E-state index in [2.05, 4.69) is 17.4 Å². The van der Waals surface area contributed by atoms with Gasteiger partial charge in [-0.3, -0.25) is 0 Å². The first-order valence-corrected chi connectivity index (χ1v) is 6.78. The van der Waals surface area contributed by atoms with Crippen molar-refractivity contribution in [2.45, 2.75) is 24.8 Å². The minimum absolute atomic E-state index is 0.107. The number of aliphatic hydroxyl groups excluding tert-OH is 1. The topological polar surface area (TPSA) is 50.7 Å². The lowest BCUT2D eigenvalue weighted by atomic mass is 9.77. The number of ether oxygens (including phenoxy) is 2. The smallest absolute Gasteiger partial charge is 0.119 e. The number of benzene rings is 1. The van der Waals surface area contributed by atoms with Gasteiger partial charge in [-0.25, -0.2) is 0 Å². The molecule has 0 bridgehead atoms. The maximum atomic E-state index is 9.88. The molecule has 1 unspecified atom stereocenters. The molecule has 0 saturated carbocycles. The largest absolute Gasteiger partial charge is 0.497 e. The van der Waals surface area contributed by atoms with Crippen molar-refractivity contribution < 1.29 is 14.6 Å². The number of aryl methyl sites for hydroxylation is 1. The molecule has 0 radical (unpaired) electrons. The van der Waals surface area contributed by atoms with Gasteiger partial charge in [0.05, 0.1) is 25.9 Å². The molecule has 4 heteroatoms. The van der Waals surface area contributed by atoms with Crippen LogP contribution >= 0.6 is 0 Å². The summed E-state index contributed by atoms with van der Waals surface area (Å²) in [4.78, 5) is 0. The average Bonchev–Trinajstić information content (AvgIpc) is 2.47. The lowest BCUT2D eigenvalue weighted by Crippen LogP contribution is -2.49. The van der Waals surface area contributed by atoms with E-state index in [4.69, 9.17) is 9.47 Å². The molecule has 1 aliphatic rings. The summed E-state index contributed by atoms with van der Waals surface area (Å²) in [5, 5.41) is 13.3. The van der Waals surface area contributed by atoms with Crippen molar-refractivity contribution in [1.29, 1.82) is 0 Å². The number of methoxy groups -OCH3 is 2. The van der Waals surface area contributed by atoms with Gasteiger partial charge in [0.15, 0.2) is 0 Å². The highest BCUT2D eigenvalue weighted by molar-refractivity contribution is 5.42. The first-order valence-electron chi connectivity index (χ1n) is 6.78. The lowest BCUT2D eigenvalue weighted by molar-refractivity contribution is 0.123. The molecule has 0 fully saturated rings. The second-order valence-electron chi connectivity index (χ2n) is 5.04. The van der Waals surface area contributed by atoms with Crippen molar-refractivity contribution in [3.05, 3.63) is 29.3 Å². The number of nitrogens with one attached hydrogen (secondary N) is 1. The number of hydrogen-bond donors (Lipinski definition) is 2. The van der Waals surface area contributed by atoms with Gasteiger partial charge >= 0.3 is 0 Å². The Balaban J connectivity index is 2.27. The van der Waals surface area contributed by atoms with Crippen molar-refractivity contribution in [3.8, 4) is 5.75 Å². The molecule has 2 rings (SSSR count). The van der Waals surface area contributed by atoms with Crippen LogP contribution < -0.4 is 10.1 Å². The predicted molar refractivity (Wildman–Crippen MR) is 74.6 cm³/mol. The van der Waals surface area contributed by atoms with Gasteiger partial charge in [-0.1, -0.05) is 6.07 Å². The quantitative estimate of drug-likeness (QED) is 0.765. The Morgan fingerprint density at radius 3 is 2.89 bits per heavy atom. The fourth-order valence-electron chi connectivity index (χ4n) is 2.88. The van der Waals surface area contributed by atoms with E-state index in [1.54, 1.807) is 14.2 Å². The standard InChI is InChI=1S/C15H23NO3/c1-18-9-8-16-15(11-17)7-3-4-12-10-13(19-2)5-6-14(12)15/h5-6,10,16-17H,3-4,7-9,11H2,1-2H3. The van der Waals surface area contributed by atoms with Crippen LogP contribution in [0, 0.1) is 0 Å². The summed E-state index contributed by atoms with van der Waals surface area (Å²) in [5.41, 5.74) is 2.13. The van der Waals surface area contributed by atoms with Gasteiger partial charge in [-0.15, -0.1) is 0 Å². The third-order valence-electron chi connectivity index (χ3n) is 3.92. The normalized spacial score (nSPS) is 22.1. The van der Waals surface area contributed by atoms with Gasteiger partial charge in [0, 0.05) is 13.7 Å². The molecule has 0 heterocycles. The molecule has 0 aromatic heterocycles. The third kappa shape index (κ3) is 2.91. The fraction of sp³-hybridized carbons (Fsp3) is 0.600. The monoisotopic (exact) mass is 265 g/mol. The molecular weight excluding hydrogens is 242 g/mol. The Hall–Kier alpha value is -1.10. The molecule has 19 heavy (non-hydrogen) atoms. The summed E-state index contributed by atoms with van der Waals surface area (Å²) in [6, 6.07) is 6.12. The van der Waals surface area contributed by atoms with Crippen molar-refractivity contribution in [3.63, 3.8) is 0 Å². The van der Waals surface area contributed by atoms with Gasteiger partial charge < -0.3 is 19.9 Å². The van der Waals surface area contributed by atoms with Gasteiger partial charge in [0.25, 0.3) is 0 Å². The number of aliphatic hydroxyl groups is 1. The molecule has 1 aromatic carbocycles. The van der Waals surface area contributed by atoms with Gasteiger partial charge in [-0.2, -0.15) is 0 Å². The Bertz CT molecular complexity index is 422. The number of fused-ring (bicyclic) bond motifs is 1. The maximum absolute atomic E-state index is 9.88. The highest BCUT2D eigenvalue weighted by Crippen LogP contribution is 2.36. The zero-order valence-corrected chi connectivity index (χ0v) is 11.7. The van der Waals surface area contributed by atoms with Crippen LogP contribution in [0.25, 0.3) is 0 Å². The molecule has 4 nitrogen and oxygen atoms in total. The van der Waals surface area contributed by atoms with E-state index in [9.17, 15) is 5.11 Å². The van der Waals surface area contributed by atoms with Crippen LogP contribution in [0.15, 0.2) is 18.2 Å². The molecule has 0 spiro atoms. The van der Waals surface area contributed by atoms with Crippen LogP contribution in [0.3, 0.4) is 0 Å². The van der Waals surface area contributed by atoms with Crippen LogP contribution in [0.1, 0.15) is 24.0 Å². The molecular formula is C15H23NO3. The Morgan fingerprint density at radius 1 is 1.37 bits per heavy atom. The summed E-state index contributed by atoms with van der Waals surface area (Å²) in [5.74, 6) is 0.879. The summed E-state index contributed by atoms with van der Waals surface area (Å²) < 4.78 is 10.4. The molecule has 1 aromatic rings. The maximum Gasteiger partial charge on any atom is 0.119 e. The van der Waals surface area contributed by atoms with E-state index in [0.717, 1.165) is 31.6 Å². The molecule has 0 aliphatic heterocycles. The predicted octanol–water partition coefficient (Wildman–Crippen LogP) is 1.46. The van der Waals surface area contributed by atoms with Crippen LogP contribution in [0.2, 0.25) is 0 Å². The Morgan fingerprint density at radius 2 is 2.21 bits per heavy atom. The number of rotatable bonds is 6. The number of hydrogen-bond acceptors (Lipinski definition) is 4. The zero-order chi connectivity index (χ0) is 13.7. The summed E-state index contributed by atoms with van der Waals surface area (Å²) >= 11 is 0. The van der Waals surface area contributed by atoms with Crippen LogP contribution in [0.4, 0.5) is 0 Å². The summed E-state index contributed by atoms with van der Waals surface area (Å²) in [6.07, 6.45) is 3.06. The van der Waals surface area contributed by atoms with Gasteiger partial charge in [0.1, 0.15) is 5.75 Å². The fourth-order valence-corrected chi connectivity index (χ4v) is 2.88. The molecule has 2 N–H and O–H groups in total. The lowest BCUT2D eigenvalue weighted by Gasteiger charge is -2.39. The van der Waals surface area contributed by atoms with E-state index in [1.165, 1.54) is 11.1 Å². The first kappa shape index (κ1) is 14.3. The van der Waals surface area contributed by atoms with Crippen molar-refractivity contribution in [2.24, 2.45) is 0 Å². The molecule has 106 valence electrons. The first-order chi connectivity index (χ1) is 9.25. The molecule has 0 saturated heterocycles. The summed E-state index contributed by atoms with van der Waals surface area (Å²) in [7, 11) is 3.37. The summed E-state index contributed by atoms with van der Waals surface area (Å²) in [6.45, 7) is 1.49. The van der Waals surface area contributed by atoms with E-state index in [1.807, 2.05) is 6.07 Å². The third-order valence-corrected chi connectivity index (χ3v) is 3.92. The van der Waals surface area contributed by atoms with Crippen LogP contribution in [-0.2, 0) is 16.7 Å². The van der Waals surface area contributed by atoms with E-state index in [0.29, 0.717) is 6.61 Å². The zero-order valence-electron chi connectivity index (χ0n) is 11.7. The molecule has 0 amide bonds. The highest BCUT2D eigenvalue weighted by atomic mass is 16.5. The van der Waals surface area contributed by atoms with E-state index >= 15 is 0 Å². The second kappa shape index (κ2) is 6.37. The van der Waals surface area contributed by atoms with Gasteiger partial charge in [0.2, 0.25) is 0 Å². The second-order valence-corrected chi connectivity index (χ2v) is 5.04. The average molecular weight is 265 g/mol. The molecule has 1 atom stereocenters. The van der Waals surface area contributed by atoms with E-state index < -0.39 is 0 Å². The van der Waals surface area contributed by atoms with Crippen LogP contribution in [-0.4, -0.2) is 39.1 Å². The van der Waals surface area contributed by atoms with Crippen molar-refractivity contribution >= 4 is 0 Å². The minimum atomic E-state index is -0.335. The Labute approximate surface area is 114 Å². The van der Waals surface area contributed by atoms with Crippen LogP contribution in [0.5, 0.6) is 5.75 Å². The Kier molecular flexibility index (Phi) is 4.80. The minimum Gasteiger partial charge on any atom is -0.497 e.